The van der Waals surface area contributed by atoms with Crippen LogP contribution in [0.5, 0.6) is 0 Å². The average Bonchev–Trinajstić information content (AvgIpc) is 3.18. The van der Waals surface area contributed by atoms with Gasteiger partial charge in [0.15, 0.2) is 0 Å². The predicted molar refractivity (Wildman–Crippen MR) is 105 cm³/mol. The Kier molecular flexibility index (Phi) is 3.63. The molecule has 1 heterocycles. The van der Waals surface area contributed by atoms with E-state index in [1.54, 1.807) is 6.07 Å². The van der Waals surface area contributed by atoms with E-state index in [9.17, 15) is 4.39 Å². The van der Waals surface area contributed by atoms with Crippen molar-refractivity contribution in [3.05, 3.63) is 102 Å². The third kappa shape index (κ3) is 2.45. The Balaban J connectivity index is 1.66. The van der Waals surface area contributed by atoms with Gasteiger partial charge in [0, 0.05) is 17.2 Å². The number of hydrogen-bond donors (Lipinski definition) is 1. The number of halogens is 1. The maximum atomic E-state index is 13.9. The van der Waals surface area contributed by atoms with Crippen LogP contribution in [0.4, 0.5) is 10.1 Å². The van der Waals surface area contributed by atoms with Gasteiger partial charge in [-0.25, -0.2) is 4.39 Å². The van der Waals surface area contributed by atoms with Gasteiger partial charge in [-0.1, -0.05) is 72.8 Å². The van der Waals surface area contributed by atoms with Crippen molar-refractivity contribution in [2.75, 3.05) is 5.32 Å². The number of anilines is 1. The normalized spacial score (nSPS) is 23.2. The number of fused-ring (bicyclic) bond motifs is 3. The molecule has 0 amide bonds. The molecule has 1 nitrogen and oxygen atoms in total. The second kappa shape index (κ2) is 6.14. The van der Waals surface area contributed by atoms with E-state index >= 15 is 0 Å². The van der Waals surface area contributed by atoms with E-state index in [0.717, 1.165) is 12.0 Å². The van der Waals surface area contributed by atoms with Crippen molar-refractivity contribution < 1.29 is 4.39 Å². The molecule has 3 aromatic rings. The van der Waals surface area contributed by atoms with Gasteiger partial charge in [-0.2, -0.15) is 0 Å². The monoisotopic (exact) mass is 341 g/mol. The lowest BCUT2D eigenvalue weighted by atomic mass is 9.76. The van der Waals surface area contributed by atoms with Crippen molar-refractivity contribution in [1.29, 1.82) is 0 Å². The van der Waals surface area contributed by atoms with Gasteiger partial charge >= 0.3 is 0 Å². The summed E-state index contributed by atoms with van der Waals surface area (Å²) < 4.78 is 13.9. The fourth-order valence-corrected chi connectivity index (χ4v) is 4.51. The maximum Gasteiger partial charge on any atom is 0.123 e. The fraction of sp³-hybridized carbons (Fsp3) is 0.167. The van der Waals surface area contributed by atoms with E-state index < -0.39 is 0 Å². The smallest absolute Gasteiger partial charge is 0.123 e. The van der Waals surface area contributed by atoms with Crippen molar-refractivity contribution in [1.82, 2.24) is 0 Å². The fourth-order valence-electron chi connectivity index (χ4n) is 4.51. The minimum absolute atomic E-state index is 0.114. The van der Waals surface area contributed by atoms with Crippen LogP contribution in [-0.2, 0) is 0 Å². The maximum absolute atomic E-state index is 13.9. The molecule has 2 aliphatic rings. The highest BCUT2D eigenvalue weighted by atomic mass is 19.1. The summed E-state index contributed by atoms with van der Waals surface area (Å²) in [4.78, 5) is 0. The zero-order valence-corrected chi connectivity index (χ0v) is 14.4. The minimum atomic E-state index is -0.172. The van der Waals surface area contributed by atoms with Gasteiger partial charge in [0.25, 0.3) is 0 Å². The molecule has 0 bridgehead atoms. The first-order valence-corrected chi connectivity index (χ1v) is 9.18. The second-order valence-corrected chi connectivity index (χ2v) is 7.17. The minimum Gasteiger partial charge on any atom is -0.377 e. The standard InChI is InChI=1S/C24H20FN/c25-18-10-4-9-17(15-18)23-21-13-6-12-20(21)22-14-5-11-19(24(22)26-23)16-7-2-1-3-8-16/h1-12,14-15,20-21,23,26H,13H2/t20-,21+,23-/m0/s1. The van der Waals surface area contributed by atoms with Gasteiger partial charge in [0.05, 0.1) is 6.04 Å². The molecule has 0 saturated carbocycles. The SMILES string of the molecule is Fc1cccc([C@@H]2Nc3c(-c4ccccc4)cccc3[C@H]3C=CC[C@H]32)c1. The highest BCUT2D eigenvalue weighted by Crippen LogP contribution is 2.52. The molecule has 128 valence electrons. The summed E-state index contributed by atoms with van der Waals surface area (Å²) in [6.45, 7) is 0. The van der Waals surface area contributed by atoms with Gasteiger partial charge < -0.3 is 5.32 Å². The Morgan fingerprint density at radius 2 is 1.73 bits per heavy atom. The highest BCUT2D eigenvalue weighted by Gasteiger charge is 2.38. The number of nitrogens with one attached hydrogen (secondary N) is 1. The van der Waals surface area contributed by atoms with Crippen molar-refractivity contribution in [3.63, 3.8) is 0 Å². The molecule has 1 N–H and O–H groups in total. The Labute approximate surface area is 153 Å². The molecule has 0 radical (unpaired) electrons. The van der Waals surface area contributed by atoms with E-state index in [1.807, 2.05) is 18.2 Å². The van der Waals surface area contributed by atoms with Crippen LogP contribution in [0.1, 0.15) is 29.5 Å². The first kappa shape index (κ1) is 15.4. The Morgan fingerprint density at radius 3 is 2.58 bits per heavy atom. The van der Waals surface area contributed by atoms with Crippen molar-refractivity contribution in [2.24, 2.45) is 5.92 Å². The lowest BCUT2D eigenvalue weighted by Gasteiger charge is -2.38. The largest absolute Gasteiger partial charge is 0.377 e. The molecule has 0 unspecified atom stereocenters. The predicted octanol–water partition coefficient (Wildman–Crippen LogP) is 6.32. The highest BCUT2D eigenvalue weighted by molar-refractivity contribution is 5.82. The van der Waals surface area contributed by atoms with E-state index in [-0.39, 0.29) is 11.9 Å². The van der Waals surface area contributed by atoms with Gasteiger partial charge in [-0.15, -0.1) is 0 Å². The number of para-hydroxylation sites is 1. The topological polar surface area (TPSA) is 12.0 Å². The summed E-state index contributed by atoms with van der Waals surface area (Å²) in [5.41, 5.74) is 5.97. The van der Waals surface area contributed by atoms with Crippen molar-refractivity contribution >= 4 is 5.69 Å². The van der Waals surface area contributed by atoms with Gasteiger partial charge in [0.1, 0.15) is 5.82 Å². The van der Waals surface area contributed by atoms with Gasteiger partial charge in [-0.3, -0.25) is 0 Å². The van der Waals surface area contributed by atoms with Crippen LogP contribution >= 0.6 is 0 Å². The lowest BCUT2D eigenvalue weighted by molar-refractivity contribution is 0.424. The van der Waals surface area contributed by atoms with Crippen LogP contribution in [0, 0.1) is 11.7 Å². The zero-order chi connectivity index (χ0) is 17.5. The number of hydrogen-bond acceptors (Lipinski definition) is 1. The second-order valence-electron chi connectivity index (χ2n) is 7.17. The van der Waals surface area contributed by atoms with Crippen molar-refractivity contribution in [3.8, 4) is 11.1 Å². The zero-order valence-electron chi connectivity index (χ0n) is 14.4. The molecule has 1 aliphatic heterocycles. The summed E-state index contributed by atoms with van der Waals surface area (Å²) in [6, 6.07) is 24.1. The van der Waals surface area contributed by atoms with E-state index in [4.69, 9.17) is 0 Å². The molecular formula is C24H20FN. The summed E-state index contributed by atoms with van der Waals surface area (Å²) >= 11 is 0. The van der Waals surface area contributed by atoms with Crippen LogP contribution in [-0.4, -0.2) is 0 Å². The summed E-state index contributed by atoms with van der Waals surface area (Å²) in [7, 11) is 0. The summed E-state index contributed by atoms with van der Waals surface area (Å²) in [5, 5.41) is 3.77. The Hall–Kier alpha value is -2.87. The third-order valence-electron chi connectivity index (χ3n) is 5.69. The van der Waals surface area contributed by atoms with Crippen LogP contribution in [0.2, 0.25) is 0 Å². The van der Waals surface area contributed by atoms with Gasteiger partial charge in [0.2, 0.25) is 0 Å². The number of rotatable bonds is 2. The molecule has 0 saturated heterocycles. The van der Waals surface area contributed by atoms with E-state index in [0.29, 0.717) is 11.8 Å². The van der Waals surface area contributed by atoms with Gasteiger partial charge in [-0.05, 0) is 41.2 Å². The van der Waals surface area contributed by atoms with E-state index in [2.05, 4.69) is 59.9 Å². The molecule has 0 spiro atoms. The van der Waals surface area contributed by atoms with Crippen molar-refractivity contribution in [2.45, 2.75) is 18.4 Å². The molecule has 5 rings (SSSR count). The molecule has 1 aliphatic carbocycles. The number of benzene rings is 3. The number of allylic oxidation sites excluding steroid dienone is 2. The third-order valence-corrected chi connectivity index (χ3v) is 5.69. The van der Waals surface area contributed by atoms with Crippen LogP contribution in [0.3, 0.4) is 0 Å². The van der Waals surface area contributed by atoms with Crippen LogP contribution in [0.15, 0.2) is 84.9 Å². The summed E-state index contributed by atoms with van der Waals surface area (Å²) in [6.07, 6.45) is 5.62. The summed E-state index contributed by atoms with van der Waals surface area (Å²) in [5.74, 6) is 0.632. The molecular weight excluding hydrogens is 321 g/mol. The molecule has 2 heteroatoms. The molecule has 26 heavy (non-hydrogen) atoms. The molecule has 3 atom stereocenters. The molecule has 0 aromatic heterocycles. The quantitative estimate of drug-likeness (QED) is 0.538. The molecule has 0 fully saturated rings. The lowest BCUT2D eigenvalue weighted by Crippen LogP contribution is -2.29. The Morgan fingerprint density at radius 1 is 0.885 bits per heavy atom. The first-order chi connectivity index (χ1) is 12.8. The molecule has 3 aromatic carbocycles. The van der Waals surface area contributed by atoms with E-state index in [1.165, 1.54) is 28.4 Å². The van der Waals surface area contributed by atoms with Crippen LogP contribution < -0.4 is 5.32 Å². The average molecular weight is 341 g/mol. The first-order valence-electron chi connectivity index (χ1n) is 9.18. The Bertz CT molecular complexity index is 977. The van der Waals surface area contributed by atoms with Crippen LogP contribution in [0.25, 0.3) is 11.1 Å².